The van der Waals surface area contributed by atoms with E-state index in [1.165, 1.54) is 14.2 Å². The van der Waals surface area contributed by atoms with Crippen LogP contribution in [-0.4, -0.2) is 30.3 Å². The minimum Gasteiger partial charge on any atom is -0.496 e. The fourth-order valence-electron chi connectivity index (χ4n) is 2.37. The molecule has 2 aromatic heterocycles. The van der Waals surface area contributed by atoms with Gasteiger partial charge >= 0.3 is 0 Å². The summed E-state index contributed by atoms with van der Waals surface area (Å²) in [7, 11) is 2.99. The molecule has 8 nitrogen and oxygen atoms in total. The number of anilines is 3. The zero-order valence-corrected chi connectivity index (χ0v) is 14.6. The Morgan fingerprint density at radius 1 is 1.08 bits per heavy atom. The Hall–Kier alpha value is -3.55. The van der Waals surface area contributed by atoms with Crippen LogP contribution in [0.5, 0.6) is 11.5 Å². The molecule has 3 rings (SSSR count). The van der Waals surface area contributed by atoms with Crippen LogP contribution in [0, 0.1) is 6.92 Å². The number of hydrogen-bond donors (Lipinski definition) is 2. The maximum absolute atomic E-state index is 12.6. The maximum atomic E-state index is 12.6. The van der Waals surface area contributed by atoms with Gasteiger partial charge in [-0.15, -0.1) is 0 Å². The molecule has 0 bridgehead atoms. The monoisotopic (exact) mass is 354 g/mol. The quantitative estimate of drug-likeness (QED) is 0.700. The van der Waals surface area contributed by atoms with Crippen LogP contribution in [0.15, 0.2) is 47.1 Å². The van der Waals surface area contributed by atoms with Crippen molar-refractivity contribution in [1.82, 2.24) is 10.1 Å². The summed E-state index contributed by atoms with van der Waals surface area (Å²) in [6.07, 6.45) is 1.58. The number of hydrogen-bond acceptors (Lipinski definition) is 7. The van der Waals surface area contributed by atoms with Crippen molar-refractivity contribution in [2.75, 3.05) is 24.9 Å². The van der Waals surface area contributed by atoms with Gasteiger partial charge in [-0.05, 0) is 31.2 Å². The summed E-state index contributed by atoms with van der Waals surface area (Å²) < 4.78 is 15.5. The van der Waals surface area contributed by atoms with Gasteiger partial charge in [-0.2, -0.15) is 0 Å². The summed E-state index contributed by atoms with van der Waals surface area (Å²) in [5.74, 6) is 2.14. The van der Waals surface area contributed by atoms with Crippen LogP contribution in [0.2, 0.25) is 0 Å². The van der Waals surface area contributed by atoms with Crippen LogP contribution in [-0.2, 0) is 0 Å². The predicted octanol–water partition coefficient (Wildman–Crippen LogP) is 3.39. The Morgan fingerprint density at radius 2 is 1.81 bits per heavy atom. The predicted molar refractivity (Wildman–Crippen MR) is 96.3 cm³/mol. The lowest BCUT2D eigenvalue weighted by molar-refractivity contribution is 0.102. The van der Waals surface area contributed by atoms with E-state index in [2.05, 4.69) is 20.8 Å². The highest BCUT2D eigenvalue weighted by atomic mass is 16.5. The summed E-state index contributed by atoms with van der Waals surface area (Å²) in [6, 6.07) is 10.3. The minimum absolute atomic E-state index is 0.305. The fourth-order valence-corrected chi connectivity index (χ4v) is 2.37. The van der Waals surface area contributed by atoms with E-state index in [1.54, 1.807) is 49.5 Å². The average molecular weight is 354 g/mol. The van der Waals surface area contributed by atoms with Crippen LogP contribution in [0.1, 0.15) is 16.1 Å². The molecule has 3 aromatic rings. The second kappa shape index (κ2) is 7.56. The number of methoxy groups -OCH3 is 2. The molecule has 0 spiro atoms. The zero-order valence-electron chi connectivity index (χ0n) is 14.6. The summed E-state index contributed by atoms with van der Waals surface area (Å²) in [4.78, 5) is 16.8. The first kappa shape index (κ1) is 17.3. The van der Waals surface area contributed by atoms with Gasteiger partial charge in [0.05, 0.1) is 26.1 Å². The van der Waals surface area contributed by atoms with E-state index in [4.69, 9.17) is 14.0 Å². The number of carbonyl (C=O) groups excluding carboxylic acids is 1. The summed E-state index contributed by atoms with van der Waals surface area (Å²) in [5, 5.41) is 9.63. The molecule has 26 heavy (non-hydrogen) atoms. The zero-order chi connectivity index (χ0) is 18.5. The van der Waals surface area contributed by atoms with E-state index in [-0.39, 0.29) is 5.91 Å². The Morgan fingerprint density at radius 3 is 2.35 bits per heavy atom. The van der Waals surface area contributed by atoms with Crippen molar-refractivity contribution in [2.45, 2.75) is 6.92 Å². The lowest BCUT2D eigenvalue weighted by Crippen LogP contribution is -2.15. The smallest absolute Gasteiger partial charge is 0.264 e. The first-order valence-electron chi connectivity index (χ1n) is 7.79. The van der Waals surface area contributed by atoms with Crippen LogP contribution in [0.3, 0.4) is 0 Å². The van der Waals surface area contributed by atoms with E-state index in [0.29, 0.717) is 40.1 Å². The van der Waals surface area contributed by atoms with Crippen molar-refractivity contribution in [3.05, 3.63) is 53.9 Å². The Labute approximate surface area is 150 Å². The second-order valence-electron chi connectivity index (χ2n) is 5.37. The van der Waals surface area contributed by atoms with Gasteiger partial charge in [0.1, 0.15) is 28.6 Å². The molecule has 1 aromatic carbocycles. The largest absolute Gasteiger partial charge is 0.496 e. The van der Waals surface area contributed by atoms with Gasteiger partial charge in [-0.1, -0.05) is 11.2 Å². The van der Waals surface area contributed by atoms with Gasteiger partial charge in [0.25, 0.3) is 5.91 Å². The van der Waals surface area contributed by atoms with Crippen molar-refractivity contribution in [2.24, 2.45) is 0 Å². The molecule has 0 atom stereocenters. The molecule has 0 radical (unpaired) electrons. The SMILES string of the molecule is COc1cccc(OC)c1C(=O)Nc1ccc(Nc2cc(C)on2)cn1. The van der Waals surface area contributed by atoms with E-state index in [1.807, 2.05) is 0 Å². The molecular formula is C18H18N4O4. The van der Waals surface area contributed by atoms with Crippen molar-refractivity contribution in [3.63, 3.8) is 0 Å². The number of nitrogens with zero attached hydrogens (tertiary/aromatic N) is 2. The third-order valence-corrected chi connectivity index (χ3v) is 3.56. The third-order valence-electron chi connectivity index (χ3n) is 3.56. The van der Waals surface area contributed by atoms with Crippen molar-refractivity contribution >= 4 is 23.2 Å². The number of nitrogens with one attached hydrogen (secondary N) is 2. The molecule has 0 aliphatic rings. The van der Waals surface area contributed by atoms with Crippen LogP contribution < -0.4 is 20.1 Å². The van der Waals surface area contributed by atoms with Gasteiger partial charge in [0, 0.05) is 6.07 Å². The Balaban J connectivity index is 1.74. The molecule has 0 fully saturated rings. The number of carbonyl (C=O) groups is 1. The van der Waals surface area contributed by atoms with Crippen LogP contribution >= 0.6 is 0 Å². The maximum Gasteiger partial charge on any atom is 0.264 e. The molecule has 2 N–H and O–H groups in total. The van der Waals surface area contributed by atoms with E-state index in [9.17, 15) is 4.79 Å². The summed E-state index contributed by atoms with van der Waals surface area (Å²) in [5.41, 5.74) is 1.02. The van der Waals surface area contributed by atoms with Crippen LogP contribution in [0.4, 0.5) is 17.3 Å². The summed E-state index contributed by atoms with van der Waals surface area (Å²) in [6.45, 7) is 1.81. The third kappa shape index (κ3) is 3.75. The highest BCUT2D eigenvalue weighted by Crippen LogP contribution is 2.29. The fraction of sp³-hybridized carbons (Fsp3) is 0.167. The molecule has 0 saturated carbocycles. The number of benzene rings is 1. The number of rotatable bonds is 6. The second-order valence-corrected chi connectivity index (χ2v) is 5.37. The lowest BCUT2D eigenvalue weighted by Gasteiger charge is -2.12. The first-order chi connectivity index (χ1) is 12.6. The van der Waals surface area contributed by atoms with Gasteiger partial charge in [-0.3, -0.25) is 4.79 Å². The first-order valence-corrected chi connectivity index (χ1v) is 7.79. The molecular weight excluding hydrogens is 336 g/mol. The van der Waals surface area contributed by atoms with E-state index >= 15 is 0 Å². The summed E-state index contributed by atoms with van der Waals surface area (Å²) >= 11 is 0. The molecule has 8 heteroatoms. The van der Waals surface area contributed by atoms with E-state index < -0.39 is 0 Å². The molecule has 134 valence electrons. The van der Waals surface area contributed by atoms with Gasteiger partial charge in [-0.25, -0.2) is 4.98 Å². The molecule has 0 saturated heterocycles. The average Bonchev–Trinajstić information content (AvgIpc) is 3.07. The standard InChI is InChI=1S/C18H18N4O4/c1-11-9-16(22-26-11)20-12-7-8-15(19-10-12)21-18(23)17-13(24-2)5-4-6-14(17)25-3/h4-10H,1-3H3,(H,20,22)(H,19,21,23). The highest BCUT2D eigenvalue weighted by molar-refractivity contribution is 6.07. The normalized spacial score (nSPS) is 10.3. The van der Waals surface area contributed by atoms with Gasteiger partial charge in [0.15, 0.2) is 5.82 Å². The molecule has 0 unspecified atom stereocenters. The van der Waals surface area contributed by atoms with Crippen molar-refractivity contribution in [3.8, 4) is 11.5 Å². The van der Waals surface area contributed by atoms with Crippen LogP contribution in [0.25, 0.3) is 0 Å². The van der Waals surface area contributed by atoms with Crippen molar-refractivity contribution < 1.29 is 18.8 Å². The number of pyridine rings is 1. The lowest BCUT2D eigenvalue weighted by atomic mass is 10.1. The Kier molecular flexibility index (Phi) is 5.02. The van der Waals surface area contributed by atoms with Gasteiger partial charge in [0.2, 0.25) is 0 Å². The minimum atomic E-state index is -0.375. The topological polar surface area (TPSA) is 98.5 Å². The number of ether oxygens (including phenoxy) is 2. The highest BCUT2D eigenvalue weighted by Gasteiger charge is 2.18. The Bertz CT molecular complexity index is 884. The van der Waals surface area contributed by atoms with Gasteiger partial charge < -0.3 is 24.6 Å². The number of aromatic nitrogens is 2. The molecule has 0 aliphatic heterocycles. The molecule has 2 heterocycles. The number of amides is 1. The van der Waals surface area contributed by atoms with Crippen molar-refractivity contribution in [1.29, 1.82) is 0 Å². The number of aryl methyl sites for hydroxylation is 1. The molecule has 1 amide bonds. The van der Waals surface area contributed by atoms with E-state index in [0.717, 1.165) is 0 Å². The molecule has 0 aliphatic carbocycles.